The maximum Gasteiger partial charge on any atom is 0.345 e. The number of hydrogen-bond acceptors (Lipinski definition) is 10. The highest BCUT2D eigenvalue weighted by Crippen LogP contribution is 2.19. The largest absolute Gasteiger partial charge is 0.463 e. The Balaban J connectivity index is 5.74. The Morgan fingerprint density at radius 2 is 1.24 bits per heavy atom. The van der Waals surface area contributed by atoms with E-state index in [0.717, 1.165) is 27.7 Å². The number of halogens is 1. The number of ether oxygens (including phenoxy) is 4. The SMILES string of the molecule is CC(=O)OC[C@@H](O)[C@H](OC(C)=O)[C@H](OC(C)=O)[C@@H](OC(C)=O)C(=O)F. The van der Waals surface area contributed by atoms with E-state index in [2.05, 4.69) is 9.47 Å². The third-order valence-corrected chi connectivity index (χ3v) is 2.58. The van der Waals surface area contributed by atoms with Crippen LogP contribution < -0.4 is 0 Å². The van der Waals surface area contributed by atoms with Crippen molar-refractivity contribution < 1.29 is 52.4 Å². The molecule has 10 nitrogen and oxygen atoms in total. The maximum absolute atomic E-state index is 13.3. The quantitative estimate of drug-likeness (QED) is 0.313. The Bertz CT molecular complexity index is 532. The van der Waals surface area contributed by atoms with Crippen molar-refractivity contribution in [2.24, 2.45) is 0 Å². The first-order valence-electron chi connectivity index (χ1n) is 6.98. The standard InChI is InChI=1S/C14H19FO10/c1-6(16)22-5-10(20)11(23-7(2)17)12(24-8(3)18)13(14(15)21)25-9(4)19/h10-13,20H,5H2,1-4H3/t10-,11+,12+,13-/m1/s1. The van der Waals surface area contributed by atoms with Crippen LogP contribution in [0.15, 0.2) is 0 Å². The van der Waals surface area contributed by atoms with Gasteiger partial charge in [0.05, 0.1) is 0 Å². The van der Waals surface area contributed by atoms with Gasteiger partial charge in [-0.05, 0) is 0 Å². The molecule has 0 aliphatic carbocycles. The summed E-state index contributed by atoms with van der Waals surface area (Å²) < 4.78 is 31.7. The lowest BCUT2D eigenvalue weighted by atomic mass is 10.0. The number of aliphatic hydroxyl groups is 1. The molecule has 4 atom stereocenters. The first kappa shape index (κ1) is 22.4. The van der Waals surface area contributed by atoms with Crippen LogP contribution in [0.3, 0.4) is 0 Å². The summed E-state index contributed by atoms with van der Waals surface area (Å²) in [6.07, 6.45) is -7.97. The van der Waals surface area contributed by atoms with Gasteiger partial charge in [0.1, 0.15) is 12.7 Å². The normalized spacial score (nSPS) is 15.1. The highest BCUT2D eigenvalue weighted by molar-refractivity contribution is 5.79. The number of carbonyl (C=O) groups excluding carboxylic acids is 5. The first-order valence-corrected chi connectivity index (χ1v) is 6.98. The van der Waals surface area contributed by atoms with Gasteiger partial charge in [0, 0.05) is 27.7 Å². The minimum absolute atomic E-state index is 0.724. The summed E-state index contributed by atoms with van der Waals surface area (Å²) in [4.78, 5) is 55.5. The lowest BCUT2D eigenvalue weighted by molar-refractivity contribution is -0.199. The van der Waals surface area contributed by atoms with E-state index in [1.54, 1.807) is 0 Å². The monoisotopic (exact) mass is 366 g/mol. The zero-order valence-electron chi connectivity index (χ0n) is 14.0. The van der Waals surface area contributed by atoms with Crippen LogP contribution in [0.2, 0.25) is 0 Å². The van der Waals surface area contributed by atoms with Gasteiger partial charge in [0.2, 0.25) is 6.10 Å². The van der Waals surface area contributed by atoms with E-state index in [1.807, 2.05) is 0 Å². The molecule has 0 saturated carbocycles. The second-order valence-electron chi connectivity index (χ2n) is 4.85. The van der Waals surface area contributed by atoms with Crippen molar-refractivity contribution in [3.05, 3.63) is 0 Å². The smallest absolute Gasteiger partial charge is 0.345 e. The third kappa shape index (κ3) is 8.74. The van der Waals surface area contributed by atoms with Crippen molar-refractivity contribution in [2.75, 3.05) is 6.61 Å². The van der Waals surface area contributed by atoms with Gasteiger partial charge in [-0.2, -0.15) is 4.39 Å². The number of aliphatic hydroxyl groups excluding tert-OH is 1. The minimum Gasteiger partial charge on any atom is -0.463 e. The molecule has 0 fully saturated rings. The van der Waals surface area contributed by atoms with Crippen molar-refractivity contribution in [3.63, 3.8) is 0 Å². The van der Waals surface area contributed by atoms with Gasteiger partial charge in [0.15, 0.2) is 12.2 Å². The van der Waals surface area contributed by atoms with E-state index in [1.165, 1.54) is 0 Å². The molecule has 0 aromatic carbocycles. The van der Waals surface area contributed by atoms with Crippen LogP contribution in [0, 0.1) is 0 Å². The van der Waals surface area contributed by atoms with Crippen molar-refractivity contribution >= 4 is 29.9 Å². The molecule has 0 amide bonds. The molecule has 0 aliphatic heterocycles. The summed E-state index contributed by atoms with van der Waals surface area (Å²) in [6.45, 7) is 2.98. The average molecular weight is 366 g/mol. The van der Waals surface area contributed by atoms with E-state index in [0.29, 0.717) is 0 Å². The van der Waals surface area contributed by atoms with E-state index >= 15 is 0 Å². The summed E-state index contributed by atoms with van der Waals surface area (Å²) in [5.41, 5.74) is 0. The second-order valence-corrected chi connectivity index (χ2v) is 4.85. The van der Waals surface area contributed by atoms with Gasteiger partial charge in [-0.15, -0.1) is 0 Å². The molecule has 25 heavy (non-hydrogen) atoms. The molecule has 0 unspecified atom stereocenters. The molecule has 0 saturated heterocycles. The molecule has 0 aliphatic rings. The van der Waals surface area contributed by atoms with Crippen molar-refractivity contribution in [1.82, 2.24) is 0 Å². The molecule has 0 radical (unpaired) electrons. The highest BCUT2D eigenvalue weighted by Gasteiger charge is 2.45. The molecule has 0 spiro atoms. The third-order valence-electron chi connectivity index (χ3n) is 2.58. The van der Waals surface area contributed by atoms with Crippen LogP contribution in [0.1, 0.15) is 27.7 Å². The Kier molecular flexibility index (Phi) is 9.28. The molecular formula is C14H19FO10. The molecule has 0 bridgehead atoms. The zero-order valence-corrected chi connectivity index (χ0v) is 14.0. The first-order chi connectivity index (χ1) is 11.5. The summed E-state index contributed by atoms with van der Waals surface area (Å²) >= 11 is 0. The van der Waals surface area contributed by atoms with Crippen LogP contribution in [0.25, 0.3) is 0 Å². The lowest BCUT2D eigenvalue weighted by Crippen LogP contribution is -2.53. The van der Waals surface area contributed by atoms with Crippen molar-refractivity contribution in [2.45, 2.75) is 52.1 Å². The van der Waals surface area contributed by atoms with Crippen molar-refractivity contribution in [1.29, 1.82) is 0 Å². The number of rotatable bonds is 9. The van der Waals surface area contributed by atoms with Crippen LogP contribution in [-0.2, 0) is 42.9 Å². The molecule has 142 valence electrons. The predicted molar refractivity (Wildman–Crippen MR) is 75.4 cm³/mol. The summed E-state index contributed by atoms with van der Waals surface area (Å²) in [5.74, 6) is -3.91. The second kappa shape index (κ2) is 10.3. The van der Waals surface area contributed by atoms with Gasteiger partial charge in [-0.3, -0.25) is 24.0 Å². The van der Waals surface area contributed by atoms with Crippen LogP contribution in [0.5, 0.6) is 0 Å². The van der Waals surface area contributed by atoms with E-state index in [-0.39, 0.29) is 0 Å². The average Bonchev–Trinajstić information content (AvgIpc) is 2.45. The van der Waals surface area contributed by atoms with Gasteiger partial charge in [0.25, 0.3) is 0 Å². The topological polar surface area (TPSA) is 143 Å². The van der Waals surface area contributed by atoms with E-state index < -0.39 is 60.9 Å². The van der Waals surface area contributed by atoms with Crippen LogP contribution in [-0.4, -0.2) is 66.0 Å². The molecule has 0 aromatic heterocycles. The number of esters is 4. The maximum atomic E-state index is 13.3. The minimum atomic E-state index is -2.29. The van der Waals surface area contributed by atoms with Gasteiger partial charge >= 0.3 is 29.9 Å². The summed E-state index contributed by atoms with van der Waals surface area (Å²) in [5, 5.41) is 10.0. The van der Waals surface area contributed by atoms with Crippen molar-refractivity contribution in [3.8, 4) is 0 Å². The summed E-state index contributed by atoms with van der Waals surface area (Å²) in [6, 6.07) is -2.21. The predicted octanol–water partition coefficient (Wildman–Crippen LogP) is -0.798. The number of carbonyl (C=O) groups is 5. The molecule has 0 aromatic rings. The fourth-order valence-corrected chi connectivity index (χ4v) is 1.77. The Morgan fingerprint density at radius 1 is 0.800 bits per heavy atom. The summed E-state index contributed by atoms with van der Waals surface area (Å²) in [7, 11) is 0. The van der Waals surface area contributed by atoms with E-state index in [4.69, 9.17) is 9.47 Å². The Hall–Kier alpha value is -2.56. The molecule has 0 heterocycles. The van der Waals surface area contributed by atoms with Crippen LogP contribution in [0.4, 0.5) is 4.39 Å². The number of hydrogen-bond donors (Lipinski definition) is 1. The molecule has 0 rings (SSSR count). The Labute approximate surface area is 142 Å². The molecule has 1 N–H and O–H groups in total. The molecular weight excluding hydrogens is 347 g/mol. The highest BCUT2D eigenvalue weighted by atomic mass is 19.1. The van der Waals surface area contributed by atoms with Gasteiger partial charge < -0.3 is 24.1 Å². The lowest BCUT2D eigenvalue weighted by Gasteiger charge is -2.32. The Morgan fingerprint density at radius 3 is 1.60 bits per heavy atom. The van der Waals surface area contributed by atoms with Gasteiger partial charge in [-0.25, -0.2) is 0 Å². The van der Waals surface area contributed by atoms with Crippen LogP contribution >= 0.6 is 0 Å². The zero-order chi connectivity index (χ0) is 19.7. The molecule has 11 heteroatoms. The fourth-order valence-electron chi connectivity index (χ4n) is 1.77. The van der Waals surface area contributed by atoms with E-state index in [9.17, 15) is 33.5 Å². The van der Waals surface area contributed by atoms with Gasteiger partial charge in [-0.1, -0.05) is 0 Å². The fraction of sp³-hybridized carbons (Fsp3) is 0.643.